The van der Waals surface area contributed by atoms with Crippen LogP contribution >= 0.6 is 11.3 Å². The highest BCUT2D eigenvalue weighted by molar-refractivity contribution is 7.13. The molecule has 130 valence electrons. The minimum Gasteiger partial charge on any atom is -0.357 e. The normalized spacial score (nSPS) is 17.3. The number of anilines is 1. The Hall–Kier alpha value is -1.30. The van der Waals surface area contributed by atoms with Crippen molar-refractivity contribution >= 4 is 22.4 Å². The van der Waals surface area contributed by atoms with Gasteiger partial charge in [-0.1, -0.05) is 19.8 Å². The zero-order valence-electron chi connectivity index (χ0n) is 15.0. The van der Waals surface area contributed by atoms with Gasteiger partial charge in [0.25, 0.3) is 0 Å². The van der Waals surface area contributed by atoms with Gasteiger partial charge in [-0.15, -0.1) is 11.3 Å². The number of guanidine groups is 1. The van der Waals surface area contributed by atoms with E-state index in [2.05, 4.69) is 34.8 Å². The third-order valence-electron chi connectivity index (χ3n) is 4.71. The van der Waals surface area contributed by atoms with Crippen LogP contribution in [0.15, 0.2) is 10.4 Å². The van der Waals surface area contributed by atoms with Crippen LogP contribution in [0, 0.1) is 5.41 Å². The Morgan fingerprint density at radius 2 is 2.04 bits per heavy atom. The molecule has 1 aromatic heterocycles. The van der Waals surface area contributed by atoms with E-state index >= 15 is 0 Å². The van der Waals surface area contributed by atoms with Gasteiger partial charge in [0.15, 0.2) is 11.1 Å². The summed E-state index contributed by atoms with van der Waals surface area (Å²) in [6.07, 6.45) is 6.67. The van der Waals surface area contributed by atoms with E-state index in [0.29, 0.717) is 12.0 Å². The molecule has 6 heteroatoms. The number of nitrogens with one attached hydrogen (secondary N) is 2. The number of thiazole rings is 1. The fourth-order valence-corrected chi connectivity index (χ4v) is 3.88. The molecule has 2 N–H and O–H groups in total. The number of rotatable bonds is 7. The molecule has 0 spiro atoms. The fourth-order valence-electron chi connectivity index (χ4n) is 3.13. The van der Waals surface area contributed by atoms with Crippen molar-refractivity contribution in [1.29, 1.82) is 0 Å². The second-order valence-corrected chi connectivity index (χ2v) is 7.46. The molecule has 1 heterocycles. The monoisotopic (exact) mass is 337 g/mol. The molecule has 1 aliphatic rings. The van der Waals surface area contributed by atoms with E-state index in [1.54, 1.807) is 11.3 Å². The number of hydrogen-bond donors (Lipinski definition) is 2. The largest absolute Gasteiger partial charge is 0.357 e. The van der Waals surface area contributed by atoms with Gasteiger partial charge < -0.3 is 15.5 Å². The van der Waals surface area contributed by atoms with E-state index < -0.39 is 0 Å². The third kappa shape index (κ3) is 5.09. The summed E-state index contributed by atoms with van der Waals surface area (Å²) in [5.74, 6) is 0.909. The molecule has 0 aliphatic heterocycles. The Balaban J connectivity index is 1.93. The Kier molecular flexibility index (Phi) is 6.69. The highest BCUT2D eigenvalue weighted by atomic mass is 32.1. The minimum atomic E-state index is 0.467. The molecular formula is C17H31N5S. The molecule has 1 saturated carbocycles. The first-order valence-electron chi connectivity index (χ1n) is 8.72. The lowest BCUT2D eigenvalue weighted by atomic mass is 9.83. The van der Waals surface area contributed by atoms with Crippen molar-refractivity contribution in [2.75, 3.05) is 32.1 Å². The SMILES string of the molecule is CCNC(=NCc1csc(N(C)C)n1)NCC1(CC)CCCC1. The molecular weight excluding hydrogens is 306 g/mol. The summed E-state index contributed by atoms with van der Waals surface area (Å²) in [7, 11) is 4.03. The number of nitrogens with zero attached hydrogens (tertiary/aromatic N) is 3. The van der Waals surface area contributed by atoms with Crippen LogP contribution in [0.3, 0.4) is 0 Å². The average Bonchev–Trinajstić information content (AvgIpc) is 3.20. The van der Waals surface area contributed by atoms with Gasteiger partial charge in [0.1, 0.15) is 0 Å². The molecule has 0 bridgehead atoms. The van der Waals surface area contributed by atoms with Crippen molar-refractivity contribution in [3.63, 3.8) is 0 Å². The van der Waals surface area contributed by atoms with Crippen molar-refractivity contribution < 1.29 is 0 Å². The van der Waals surface area contributed by atoms with Crippen LogP contribution < -0.4 is 15.5 Å². The molecule has 0 amide bonds. The Morgan fingerprint density at radius 1 is 1.30 bits per heavy atom. The van der Waals surface area contributed by atoms with Crippen molar-refractivity contribution in [2.24, 2.45) is 10.4 Å². The van der Waals surface area contributed by atoms with E-state index in [1.807, 2.05) is 19.0 Å². The van der Waals surface area contributed by atoms with Gasteiger partial charge in [-0.25, -0.2) is 9.98 Å². The van der Waals surface area contributed by atoms with Crippen LogP contribution in [0.25, 0.3) is 0 Å². The second-order valence-electron chi connectivity index (χ2n) is 6.63. The Bertz CT molecular complexity index is 503. The third-order valence-corrected chi connectivity index (χ3v) is 5.77. The topological polar surface area (TPSA) is 52.6 Å². The molecule has 5 nitrogen and oxygen atoms in total. The van der Waals surface area contributed by atoms with Gasteiger partial charge in [-0.2, -0.15) is 0 Å². The molecule has 23 heavy (non-hydrogen) atoms. The molecule has 2 rings (SSSR count). The lowest BCUT2D eigenvalue weighted by Crippen LogP contribution is -2.42. The first-order chi connectivity index (χ1) is 11.1. The molecule has 1 fully saturated rings. The maximum atomic E-state index is 4.70. The first kappa shape index (κ1) is 18.0. The van der Waals surface area contributed by atoms with Crippen LogP contribution in [0.2, 0.25) is 0 Å². The van der Waals surface area contributed by atoms with E-state index in [0.717, 1.165) is 29.9 Å². The summed E-state index contributed by atoms with van der Waals surface area (Å²) in [5, 5.41) is 10.0. The zero-order chi connectivity index (χ0) is 16.7. The Labute approximate surface area is 144 Å². The van der Waals surface area contributed by atoms with Gasteiger partial charge >= 0.3 is 0 Å². The van der Waals surface area contributed by atoms with Gasteiger partial charge in [0.2, 0.25) is 0 Å². The Morgan fingerprint density at radius 3 is 2.61 bits per heavy atom. The van der Waals surface area contributed by atoms with E-state index in [9.17, 15) is 0 Å². The van der Waals surface area contributed by atoms with Crippen molar-refractivity contribution in [2.45, 2.75) is 52.5 Å². The molecule has 0 radical (unpaired) electrons. The minimum absolute atomic E-state index is 0.467. The van der Waals surface area contributed by atoms with Crippen LogP contribution in [0.5, 0.6) is 0 Å². The summed E-state index contributed by atoms with van der Waals surface area (Å²) in [6, 6.07) is 0. The molecule has 1 aliphatic carbocycles. The predicted octanol–water partition coefficient (Wildman–Crippen LogP) is 3.23. The summed E-state index contributed by atoms with van der Waals surface area (Å²) in [6.45, 7) is 6.95. The van der Waals surface area contributed by atoms with E-state index in [-0.39, 0.29) is 0 Å². The van der Waals surface area contributed by atoms with Crippen molar-refractivity contribution in [3.8, 4) is 0 Å². The number of hydrogen-bond acceptors (Lipinski definition) is 4. The van der Waals surface area contributed by atoms with Crippen molar-refractivity contribution in [1.82, 2.24) is 15.6 Å². The fraction of sp³-hybridized carbons (Fsp3) is 0.765. The number of aromatic nitrogens is 1. The van der Waals surface area contributed by atoms with Gasteiger partial charge in [0, 0.05) is 32.6 Å². The van der Waals surface area contributed by atoms with Crippen LogP contribution in [0.4, 0.5) is 5.13 Å². The quantitative estimate of drug-likeness (QED) is 0.592. The summed E-state index contributed by atoms with van der Waals surface area (Å²) in [4.78, 5) is 11.3. The number of aliphatic imine (C=N–C) groups is 1. The highest BCUT2D eigenvalue weighted by Crippen LogP contribution is 2.40. The van der Waals surface area contributed by atoms with Crippen LogP contribution in [0.1, 0.15) is 51.6 Å². The standard InChI is InChI=1S/C17H31N5S/c1-5-17(9-7-8-10-17)13-20-15(18-6-2)19-11-14-12-23-16(21-14)22(3)4/h12H,5-11,13H2,1-4H3,(H2,18,19,20). The molecule has 0 atom stereocenters. The highest BCUT2D eigenvalue weighted by Gasteiger charge is 2.31. The zero-order valence-corrected chi connectivity index (χ0v) is 15.8. The maximum Gasteiger partial charge on any atom is 0.191 e. The molecule has 0 aromatic carbocycles. The van der Waals surface area contributed by atoms with Gasteiger partial charge in [-0.3, -0.25) is 0 Å². The lowest BCUT2D eigenvalue weighted by molar-refractivity contribution is 0.283. The molecule has 1 aromatic rings. The van der Waals surface area contributed by atoms with Crippen LogP contribution in [-0.4, -0.2) is 38.1 Å². The predicted molar refractivity (Wildman–Crippen MR) is 100 cm³/mol. The maximum absolute atomic E-state index is 4.70. The molecule has 0 saturated heterocycles. The summed E-state index contributed by atoms with van der Waals surface area (Å²) >= 11 is 1.66. The van der Waals surface area contributed by atoms with Gasteiger partial charge in [-0.05, 0) is 31.6 Å². The first-order valence-corrected chi connectivity index (χ1v) is 9.60. The van der Waals surface area contributed by atoms with Gasteiger partial charge in [0.05, 0.1) is 12.2 Å². The molecule has 0 unspecified atom stereocenters. The summed E-state index contributed by atoms with van der Waals surface area (Å²) in [5.41, 5.74) is 1.50. The van der Waals surface area contributed by atoms with E-state index in [1.165, 1.54) is 32.1 Å². The van der Waals surface area contributed by atoms with Crippen LogP contribution in [-0.2, 0) is 6.54 Å². The van der Waals surface area contributed by atoms with Crippen molar-refractivity contribution in [3.05, 3.63) is 11.1 Å². The average molecular weight is 338 g/mol. The smallest absolute Gasteiger partial charge is 0.191 e. The summed E-state index contributed by atoms with van der Waals surface area (Å²) < 4.78 is 0. The second kappa shape index (κ2) is 8.52. The lowest BCUT2D eigenvalue weighted by Gasteiger charge is -2.28. The van der Waals surface area contributed by atoms with E-state index in [4.69, 9.17) is 4.99 Å².